The standard InChI is InChI=1S/C17H26N2/c1-2-13-6-3-4-8-16(13)19-11-5-7-14-12-15(18)9-10-17(14)19/h9-10,12-13,16H,2-8,11,18H2,1H3. The van der Waals surface area contributed by atoms with Crippen LogP contribution in [-0.2, 0) is 6.42 Å². The van der Waals surface area contributed by atoms with Crippen LogP contribution in [0.25, 0.3) is 0 Å². The number of nitrogens with zero attached hydrogens (tertiary/aromatic N) is 1. The van der Waals surface area contributed by atoms with Gasteiger partial charge in [0, 0.05) is 24.0 Å². The number of benzene rings is 1. The van der Waals surface area contributed by atoms with Gasteiger partial charge in [-0.2, -0.15) is 0 Å². The lowest BCUT2D eigenvalue weighted by atomic mass is 9.81. The number of fused-ring (bicyclic) bond motifs is 1. The van der Waals surface area contributed by atoms with E-state index in [9.17, 15) is 0 Å². The minimum atomic E-state index is 0.765. The average Bonchev–Trinajstić information content (AvgIpc) is 2.46. The molecule has 2 atom stereocenters. The summed E-state index contributed by atoms with van der Waals surface area (Å²) in [6.07, 6.45) is 9.43. The third kappa shape index (κ3) is 2.45. The molecule has 0 amide bonds. The molecule has 0 spiro atoms. The van der Waals surface area contributed by atoms with E-state index in [0.717, 1.165) is 17.6 Å². The first-order valence-electron chi connectivity index (χ1n) is 7.94. The van der Waals surface area contributed by atoms with Crippen LogP contribution in [0.2, 0.25) is 0 Å². The smallest absolute Gasteiger partial charge is 0.0402 e. The van der Waals surface area contributed by atoms with Crippen LogP contribution < -0.4 is 10.6 Å². The summed E-state index contributed by atoms with van der Waals surface area (Å²) < 4.78 is 0. The normalized spacial score (nSPS) is 27.1. The molecule has 2 unspecified atom stereocenters. The second kappa shape index (κ2) is 5.44. The van der Waals surface area contributed by atoms with Gasteiger partial charge in [0.05, 0.1) is 0 Å². The molecule has 19 heavy (non-hydrogen) atoms. The summed E-state index contributed by atoms with van der Waals surface area (Å²) in [6.45, 7) is 3.59. The van der Waals surface area contributed by atoms with Gasteiger partial charge in [0.1, 0.15) is 0 Å². The molecule has 2 N–H and O–H groups in total. The van der Waals surface area contributed by atoms with Gasteiger partial charge >= 0.3 is 0 Å². The van der Waals surface area contributed by atoms with Crippen molar-refractivity contribution in [1.82, 2.24) is 0 Å². The number of nitrogen functional groups attached to an aromatic ring is 1. The lowest BCUT2D eigenvalue weighted by Crippen LogP contribution is -2.45. The van der Waals surface area contributed by atoms with E-state index >= 15 is 0 Å². The maximum Gasteiger partial charge on any atom is 0.0402 e. The predicted octanol–water partition coefficient (Wildman–Crippen LogP) is 3.99. The van der Waals surface area contributed by atoms with Gasteiger partial charge < -0.3 is 10.6 Å². The molecule has 0 radical (unpaired) electrons. The number of aryl methyl sites for hydroxylation is 1. The molecule has 0 aromatic heterocycles. The van der Waals surface area contributed by atoms with Crippen LogP contribution in [0.4, 0.5) is 11.4 Å². The van der Waals surface area contributed by atoms with Crippen molar-refractivity contribution in [1.29, 1.82) is 0 Å². The van der Waals surface area contributed by atoms with Crippen molar-refractivity contribution in [3.05, 3.63) is 23.8 Å². The summed E-state index contributed by atoms with van der Waals surface area (Å²) in [7, 11) is 0. The van der Waals surface area contributed by atoms with Crippen LogP contribution in [0.5, 0.6) is 0 Å². The Morgan fingerprint density at radius 2 is 2.05 bits per heavy atom. The molecule has 104 valence electrons. The van der Waals surface area contributed by atoms with Crippen molar-refractivity contribution in [2.24, 2.45) is 5.92 Å². The fraction of sp³-hybridized carbons (Fsp3) is 0.647. The zero-order chi connectivity index (χ0) is 13.2. The van der Waals surface area contributed by atoms with E-state index in [0.29, 0.717) is 0 Å². The second-order valence-electron chi connectivity index (χ2n) is 6.21. The molecule has 2 aliphatic rings. The number of hydrogen-bond acceptors (Lipinski definition) is 2. The summed E-state index contributed by atoms with van der Waals surface area (Å²) in [5, 5.41) is 0. The van der Waals surface area contributed by atoms with E-state index in [1.807, 2.05) is 0 Å². The highest BCUT2D eigenvalue weighted by atomic mass is 15.2. The predicted molar refractivity (Wildman–Crippen MR) is 82.6 cm³/mol. The van der Waals surface area contributed by atoms with Gasteiger partial charge in [0.25, 0.3) is 0 Å². The molecule has 1 aliphatic heterocycles. The zero-order valence-electron chi connectivity index (χ0n) is 12.1. The van der Waals surface area contributed by atoms with Gasteiger partial charge in [0.2, 0.25) is 0 Å². The first-order valence-corrected chi connectivity index (χ1v) is 7.94. The van der Waals surface area contributed by atoms with Crippen LogP contribution in [0.1, 0.15) is 51.0 Å². The quantitative estimate of drug-likeness (QED) is 0.813. The van der Waals surface area contributed by atoms with Crippen LogP contribution >= 0.6 is 0 Å². The van der Waals surface area contributed by atoms with Crippen molar-refractivity contribution in [2.45, 2.75) is 57.9 Å². The monoisotopic (exact) mass is 258 g/mol. The van der Waals surface area contributed by atoms with E-state index in [2.05, 4.69) is 30.0 Å². The van der Waals surface area contributed by atoms with Crippen molar-refractivity contribution in [2.75, 3.05) is 17.2 Å². The molecule has 1 fully saturated rings. The number of anilines is 2. The molecule has 3 rings (SSSR count). The Balaban J connectivity index is 1.89. The molecule has 1 heterocycles. The topological polar surface area (TPSA) is 29.3 Å². The lowest BCUT2D eigenvalue weighted by molar-refractivity contribution is 0.282. The van der Waals surface area contributed by atoms with Crippen molar-refractivity contribution in [3.63, 3.8) is 0 Å². The molecular formula is C17H26N2. The largest absolute Gasteiger partial charge is 0.399 e. The maximum absolute atomic E-state index is 5.94. The first-order chi connectivity index (χ1) is 9.29. The molecule has 1 aromatic rings. The molecule has 0 bridgehead atoms. The highest BCUT2D eigenvalue weighted by Crippen LogP contribution is 2.37. The van der Waals surface area contributed by atoms with E-state index in [1.54, 1.807) is 0 Å². The zero-order valence-corrected chi connectivity index (χ0v) is 12.1. The van der Waals surface area contributed by atoms with Gasteiger partial charge in [0.15, 0.2) is 0 Å². The summed E-state index contributed by atoms with van der Waals surface area (Å²) in [5.41, 5.74) is 9.78. The summed E-state index contributed by atoms with van der Waals surface area (Å²) >= 11 is 0. The Kier molecular flexibility index (Phi) is 3.67. The summed E-state index contributed by atoms with van der Waals surface area (Å²) in [6, 6.07) is 7.28. The Hall–Kier alpha value is -1.18. The molecule has 0 saturated heterocycles. The van der Waals surface area contributed by atoms with E-state index in [-0.39, 0.29) is 0 Å². The third-order valence-electron chi connectivity index (χ3n) is 5.05. The Morgan fingerprint density at radius 3 is 2.89 bits per heavy atom. The van der Waals surface area contributed by atoms with Crippen molar-refractivity contribution < 1.29 is 0 Å². The van der Waals surface area contributed by atoms with Crippen LogP contribution in [0.15, 0.2) is 18.2 Å². The minimum absolute atomic E-state index is 0.765. The molecule has 2 nitrogen and oxygen atoms in total. The highest BCUT2D eigenvalue weighted by Gasteiger charge is 2.31. The summed E-state index contributed by atoms with van der Waals surface area (Å²) in [4.78, 5) is 2.70. The molecule has 1 saturated carbocycles. The fourth-order valence-electron chi connectivity index (χ4n) is 4.07. The molecule has 2 heteroatoms. The average molecular weight is 258 g/mol. The Bertz CT molecular complexity index is 441. The van der Waals surface area contributed by atoms with E-state index in [4.69, 9.17) is 5.73 Å². The van der Waals surface area contributed by atoms with E-state index in [1.165, 1.54) is 62.7 Å². The van der Waals surface area contributed by atoms with E-state index < -0.39 is 0 Å². The van der Waals surface area contributed by atoms with Crippen molar-refractivity contribution >= 4 is 11.4 Å². The van der Waals surface area contributed by atoms with Crippen LogP contribution in [0, 0.1) is 5.92 Å². The van der Waals surface area contributed by atoms with Gasteiger partial charge in [-0.05, 0) is 55.4 Å². The molecular weight excluding hydrogens is 232 g/mol. The van der Waals surface area contributed by atoms with Gasteiger partial charge in [-0.1, -0.05) is 26.2 Å². The minimum Gasteiger partial charge on any atom is -0.399 e. The SMILES string of the molecule is CCC1CCCCC1N1CCCc2cc(N)ccc21. The van der Waals surface area contributed by atoms with Gasteiger partial charge in [-0.3, -0.25) is 0 Å². The number of nitrogens with two attached hydrogens (primary N) is 1. The van der Waals surface area contributed by atoms with Crippen molar-refractivity contribution in [3.8, 4) is 0 Å². The van der Waals surface area contributed by atoms with Crippen LogP contribution in [0.3, 0.4) is 0 Å². The molecule has 1 aliphatic carbocycles. The Labute approximate surface area is 117 Å². The maximum atomic E-state index is 5.94. The number of rotatable bonds is 2. The molecule has 1 aromatic carbocycles. The lowest BCUT2D eigenvalue weighted by Gasteiger charge is -2.44. The third-order valence-corrected chi connectivity index (χ3v) is 5.05. The fourth-order valence-corrected chi connectivity index (χ4v) is 4.07. The Morgan fingerprint density at radius 1 is 1.21 bits per heavy atom. The number of hydrogen-bond donors (Lipinski definition) is 1. The second-order valence-corrected chi connectivity index (χ2v) is 6.21. The summed E-state index contributed by atoms with van der Waals surface area (Å²) in [5.74, 6) is 0.886. The van der Waals surface area contributed by atoms with Gasteiger partial charge in [-0.25, -0.2) is 0 Å². The van der Waals surface area contributed by atoms with Crippen LogP contribution in [-0.4, -0.2) is 12.6 Å². The highest BCUT2D eigenvalue weighted by molar-refractivity contribution is 5.61. The van der Waals surface area contributed by atoms with Gasteiger partial charge in [-0.15, -0.1) is 0 Å². The first kappa shape index (κ1) is 12.8.